The topological polar surface area (TPSA) is 74.5 Å². The molecular formula is C18H25N5OS. The summed E-state index contributed by atoms with van der Waals surface area (Å²) in [5.41, 5.74) is 8.37. The highest BCUT2D eigenvalue weighted by Crippen LogP contribution is 2.11. The van der Waals surface area contributed by atoms with Crippen molar-refractivity contribution >= 4 is 17.2 Å². The second-order valence-electron chi connectivity index (χ2n) is 6.41. The van der Waals surface area contributed by atoms with Crippen LogP contribution in [0, 0.1) is 0 Å². The van der Waals surface area contributed by atoms with Crippen LogP contribution in [0.3, 0.4) is 0 Å². The molecule has 0 bridgehead atoms. The Morgan fingerprint density at radius 3 is 2.52 bits per heavy atom. The zero-order chi connectivity index (χ0) is 17.6. The van der Waals surface area contributed by atoms with E-state index in [1.165, 1.54) is 16.9 Å². The molecule has 7 heteroatoms. The molecule has 0 spiro atoms. The van der Waals surface area contributed by atoms with Gasteiger partial charge in [-0.2, -0.15) is 0 Å². The number of nitrogens with zero attached hydrogens (tertiary/aromatic N) is 3. The van der Waals surface area contributed by atoms with E-state index >= 15 is 0 Å². The quantitative estimate of drug-likeness (QED) is 0.813. The molecule has 134 valence electrons. The minimum Gasteiger partial charge on any atom is -0.347 e. The third kappa shape index (κ3) is 5.09. The SMILES string of the molecule is CN1CCN(Cc2ccc(CNC(=O)c3csc(CN)n3)cc2)CC1. The molecule has 1 aromatic carbocycles. The van der Waals surface area contributed by atoms with Crippen molar-refractivity contribution in [1.82, 2.24) is 20.1 Å². The maximum Gasteiger partial charge on any atom is 0.271 e. The zero-order valence-corrected chi connectivity index (χ0v) is 15.4. The summed E-state index contributed by atoms with van der Waals surface area (Å²) in [7, 11) is 2.17. The fourth-order valence-electron chi connectivity index (χ4n) is 2.81. The van der Waals surface area contributed by atoms with E-state index in [9.17, 15) is 4.79 Å². The lowest BCUT2D eigenvalue weighted by Gasteiger charge is -2.32. The lowest BCUT2D eigenvalue weighted by atomic mass is 10.1. The average Bonchev–Trinajstić information content (AvgIpc) is 3.12. The Balaban J connectivity index is 1.48. The molecular weight excluding hydrogens is 334 g/mol. The summed E-state index contributed by atoms with van der Waals surface area (Å²) in [6.07, 6.45) is 0. The summed E-state index contributed by atoms with van der Waals surface area (Å²) >= 11 is 1.41. The van der Waals surface area contributed by atoms with Gasteiger partial charge < -0.3 is 16.0 Å². The minimum absolute atomic E-state index is 0.155. The van der Waals surface area contributed by atoms with E-state index in [1.807, 2.05) is 0 Å². The lowest BCUT2D eigenvalue weighted by molar-refractivity contribution is 0.0946. The lowest BCUT2D eigenvalue weighted by Crippen LogP contribution is -2.43. The van der Waals surface area contributed by atoms with E-state index in [-0.39, 0.29) is 5.91 Å². The van der Waals surface area contributed by atoms with Crippen LogP contribution < -0.4 is 11.1 Å². The van der Waals surface area contributed by atoms with Crippen LogP contribution in [-0.2, 0) is 19.6 Å². The molecule has 3 rings (SSSR count). The minimum atomic E-state index is -0.155. The smallest absolute Gasteiger partial charge is 0.271 e. The Morgan fingerprint density at radius 1 is 1.20 bits per heavy atom. The summed E-state index contributed by atoms with van der Waals surface area (Å²) in [6, 6.07) is 8.46. The molecule has 1 amide bonds. The van der Waals surface area contributed by atoms with Gasteiger partial charge in [-0.1, -0.05) is 24.3 Å². The van der Waals surface area contributed by atoms with Gasteiger partial charge in [0.25, 0.3) is 5.91 Å². The van der Waals surface area contributed by atoms with Crippen molar-refractivity contribution in [3.8, 4) is 0 Å². The molecule has 1 aliphatic rings. The second-order valence-corrected chi connectivity index (χ2v) is 7.35. The van der Waals surface area contributed by atoms with Gasteiger partial charge in [-0.15, -0.1) is 11.3 Å². The highest BCUT2D eigenvalue weighted by molar-refractivity contribution is 7.09. The van der Waals surface area contributed by atoms with Gasteiger partial charge in [-0.05, 0) is 18.2 Å². The molecule has 0 saturated carbocycles. The number of nitrogens with two attached hydrogens (primary N) is 1. The van der Waals surface area contributed by atoms with Crippen molar-refractivity contribution in [3.63, 3.8) is 0 Å². The predicted octanol–water partition coefficient (Wildman–Crippen LogP) is 1.28. The Kier molecular flexibility index (Phi) is 6.14. The number of carbonyl (C=O) groups excluding carboxylic acids is 1. The molecule has 1 aromatic heterocycles. The Morgan fingerprint density at radius 2 is 1.88 bits per heavy atom. The maximum absolute atomic E-state index is 12.1. The summed E-state index contributed by atoms with van der Waals surface area (Å²) in [4.78, 5) is 21.1. The first-order valence-corrected chi connectivity index (χ1v) is 9.43. The summed E-state index contributed by atoms with van der Waals surface area (Å²) in [5, 5.41) is 5.43. The number of rotatable bonds is 6. The van der Waals surface area contributed by atoms with Crippen molar-refractivity contribution in [3.05, 3.63) is 51.5 Å². The van der Waals surface area contributed by atoms with Crippen molar-refractivity contribution in [2.24, 2.45) is 5.73 Å². The number of benzene rings is 1. The summed E-state index contributed by atoms with van der Waals surface area (Å²) < 4.78 is 0. The monoisotopic (exact) mass is 359 g/mol. The van der Waals surface area contributed by atoms with Crippen LogP contribution in [0.1, 0.15) is 26.6 Å². The molecule has 0 unspecified atom stereocenters. The normalized spacial score (nSPS) is 16.1. The van der Waals surface area contributed by atoms with Gasteiger partial charge in [0.15, 0.2) is 0 Å². The predicted molar refractivity (Wildman–Crippen MR) is 100 cm³/mol. The van der Waals surface area contributed by atoms with Crippen molar-refractivity contribution < 1.29 is 4.79 Å². The fraction of sp³-hybridized carbons (Fsp3) is 0.444. The number of amides is 1. The van der Waals surface area contributed by atoms with E-state index in [4.69, 9.17) is 5.73 Å². The molecule has 0 aliphatic carbocycles. The third-order valence-electron chi connectivity index (χ3n) is 4.44. The van der Waals surface area contributed by atoms with E-state index in [0.29, 0.717) is 18.8 Å². The van der Waals surface area contributed by atoms with Crippen LogP contribution in [0.25, 0.3) is 0 Å². The van der Waals surface area contributed by atoms with E-state index in [0.717, 1.165) is 43.3 Å². The van der Waals surface area contributed by atoms with E-state index < -0.39 is 0 Å². The summed E-state index contributed by atoms with van der Waals surface area (Å²) in [5.74, 6) is -0.155. The van der Waals surface area contributed by atoms with Crippen LogP contribution in [0.4, 0.5) is 0 Å². The van der Waals surface area contributed by atoms with E-state index in [1.54, 1.807) is 5.38 Å². The molecule has 25 heavy (non-hydrogen) atoms. The maximum atomic E-state index is 12.1. The molecule has 6 nitrogen and oxygen atoms in total. The van der Waals surface area contributed by atoms with Crippen molar-refractivity contribution in [2.45, 2.75) is 19.6 Å². The molecule has 2 aromatic rings. The molecule has 2 heterocycles. The highest BCUT2D eigenvalue weighted by Gasteiger charge is 2.14. The standard InChI is InChI=1S/C18H25N5OS/c1-22-6-8-23(9-7-22)12-15-4-2-14(3-5-15)11-20-18(24)16-13-25-17(10-19)21-16/h2-5,13H,6-12,19H2,1H3,(H,20,24). The third-order valence-corrected chi connectivity index (χ3v) is 5.31. The Labute approximate surface area is 152 Å². The second kappa shape index (κ2) is 8.53. The number of aromatic nitrogens is 1. The molecule has 1 fully saturated rings. The van der Waals surface area contributed by atoms with Crippen LogP contribution in [0.15, 0.2) is 29.6 Å². The van der Waals surface area contributed by atoms with Crippen molar-refractivity contribution in [1.29, 1.82) is 0 Å². The van der Waals surface area contributed by atoms with Gasteiger partial charge in [-0.25, -0.2) is 4.98 Å². The molecule has 1 aliphatic heterocycles. The number of carbonyl (C=O) groups is 1. The van der Waals surface area contributed by atoms with E-state index in [2.05, 4.69) is 51.4 Å². The number of likely N-dealkylation sites (N-methyl/N-ethyl adjacent to an activating group) is 1. The van der Waals surface area contributed by atoms with Crippen LogP contribution >= 0.6 is 11.3 Å². The first kappa shape index (κ1) is 18.0. The summed E-state index contributed by atoms with van der Waals surface area (Å²) in [6.45, 7) is 6.36. The van der Waals surface area contributed by atoms with Gasteiger partial charge in [-0.3, -0.25) is 9.69 Å². The molecule has 1 saturated heterocycles. The first-order valence-electron chi connectivity index (χ1n) is 8.55. The number of hydrogen-bond acceptors (Lipinski definition) is 6. The van der Waals surface area contributed by atoms with Crippen LogP contribution in [0.5, 0.6) is 0 Å². The zero-order valence-electron chi connectivity index (χ0n) is 14.6. The average molecular weight is 359 g/mol. The number of piperazine rings is 1. The van der Waals surface area contributed by atoms with Gasteiger partial charge >= 0.3 is 0 Å². The van der Waals surface area contributed by atoms with Gasteiger partial charge in [0.2, 0.25) is 0 Å². The first-order chi connectivity index (χ1) is 12.1. The highest BCUT2D eigenvalue weighted by atomic mass is 32.1. The fourth-order valence-corrected chi connectivity index (χ4v) is 3.46. The number of thiazole rings is 1. The Bertz CT molecular complexity index is 692. The van der Waals surface area contributed by atoms with Crippen LogP contribution in [-0.4, -0.2) is 53.9 Å². The largest absolute Gasteiger partial charge is 0.347 e. The number of nitrogens with one attached hydrogen (secondary N) is 1. The molecule has 3 N–H and O–H groups in total. The molecule has 0 atom stereocenters. The van der Waals surface area contributed by atoms with Gasteiger partial charge in [0.1, 0.15) is 10.7 Å². The van der Waals surface area contributed by atoms with Gasteiger partial charge in [0, 0.05) is 51.2 Å². The van der Waals surface area contributed by atoms with Crippen LogP contribution in [0.2, 0.25) is 0 Å². The Hall–Kier alpha value is -1.80. The van der Waals surface area contributed by atoms with Crippen molar-refractivity contribution in [2.75, 3.05) is 33.2 Å². The van der Waals surface area contributed by atoms with Gasteiger partial charge in [0.05, 0.1) is 0 Å². The molecule has 0 radical (unpaired) electrons. The number of hydrogen-bond donors (Lipinski definition) is 2.